The summed E-state index contributed by atoms with van der Waals surface area (Å²) in [5.41, 5.74) is 0. The Balaban J connectivity index is 4.27. The van der Waals surface area contributed by atoms with Crippen LogP contribution in [-0.4, -0.2) is 74.9 Å². The number of rotatable bonds is 44. The van der Waals surface area contributed by atoms with Crippen molar-refractivity contribution in [1.29, 1.82) is 0 Å². The average Bonchev–Trinajstić information content (AvgIpc) is 3.19. The van der Waals surface area contributed by atoms with E-state index in [1.807, 2.05) is 21.1 Å². The van der Waals surface area contributed by atoms with Crippen LogP contribution in [-0.2, 0) is 32.7 Å². The number of likely N-dealkylation sites (N-methyl/N-ethyl adjacent to an activating group) is 1. The number of quaternary nitrogens is 1. The maximum Gasteiger partial charge on any atom is 0.472 e. The predicted molar refractivity (Wildman–Crippen MR) is 247 cm³/mol. The van der Waals surface area contributed by atoms with Gasteiger partial charge < -0.3 is 18.9 Å². The minimum Gasteiger partial charge on any atom is -0.462 e. The molecule has 0 heterocycles. The first kappa shape index (κ1) is 57.2. The van der Waals surface area contributed by atoms with E-state index in [4.69, 9.17) is 18.5 Å². The second-order valence-corrected chi connectivity index (χ2v) is 18.9. The van der Waals surface area contributed by atoms with Gasteiger partial charge in [0.25, 0.3) is 0 Å². The van der Waals surface area contributed by atoms with E-state index in [2.05, 4.69) is 50.3 Å². The number of phosphoric ester groups is 1. The first-order valence-electron chi connectivity index (χ1n) is 24.2. The average molecular weight is 855 g/mol. The molecule has 0 aliphatic carbocycles. The highest BCUT2D eigenvalue weighted by atomic mass is 31.2. The molecule has 0 rings (SSSR count). The van der Waals surface area contributed by atoms with Gasteiger partial charge in [-0.25, -0.2) is 4.57 Å². The second kappa shape index (κ2) is 41.6. The second-order valence-electron chi connectivity index (χ2n) is 17.5. The monoisotopic (exact) mass is 855 g/mol. The van der Waals surface area contributed by atoms with Crippen LogP contribution in [0.3, 0.4) is 0 Å². The molecule has 0 amide bonds. The fourth-order valence-electron chi connectivity index (χ4n) is 6.56. The summed E-state index contributed by atoms with van der Waals surface area (Å²) >= 11 is 0. The lowest BCUT2D eigenvalue weighted by Gasteiger charge is -2.24. The topological polar surface area (TPSA) is 108 Å². The van der Waals surface area contributed by atoms with Crippen molar-refractivity contribution in [2.24, 2.45) is 0 Å². The largest absolute Gasteiger partial charge is 0.472 e. The van der Waals surface area contributed by atoms with Gasteiger partial charge in [0, 0.05) is 12.8 Å². The molecule has 346 valence electrons. The van der Waals surface area contributed by atoms with Gasteiger partial charge in [-0.05, 0) is 70.6 Å². The van der Waals surface area contributed by atoms with Gasteiger partial charge in [0.15, 0.2) is 6.10 Å². The maximum absolute atomic E-state index is 12.7. The quantitative estimate of drug-likeness (QED) is 0.0212. The van der Waals surface area contributed by atoms with Crippen LogP contribution in [0.15, 0.2) is 36.5 Å². The molecule has 59 heavy (non-hydrogen) atoms. The molecule has 0 aromatic rings. The molecule has 0 aliphatic rings. The summed E-state index contributed by atoms with van der Waals surface area (Å²) in [5, 5.41) is 0. The molecule has 0 fully saturated rings. The van der Waals surface area contributed by atoms with Crippen molar-refractivity contribution in [3.05, 3.63) is 36.5 Å². The summed E-state index contributed by atoms with van der Waals surface area (Å²) in [6, 6.07) is 0. The van der Waals surface area contributed by atoms with E-state index < -0.39 is 32.5 Å². The van der Waals surface area contributed by atoms with Gasteiger partial charge >= 0.3 is 19.8 Å². The Morgan fingerprint density at radius 2 is 0.898 bits per heavy atom. The first-order valence-corrected chi connectivity index (χ1v) is 25.7. The smallest absolute Gasteiger partial charge is 0.462 e. The fourth-order valence-corrected chi connectivity index (χ4v) is 7.30. The molecule has 0 aliphatic heterocycles. The van der Waals surface area contributed by atoms with Gasteiger partial charge in [0.2, 0.25) is 0 Å². The van der Waals surface area contributed by atoms with Crippen LogP contribution in [0.4, 0.5) is 0 Å². The maximum atomic E-state index is 12.7. The highest BCUT2D eigenvalue weighted by Gasteiger charge is 2.27. The third kappa shape index (κ3) is 45.6. The lowest BCUT2D eigenvalue weighted by atomic mass is 10.0. The summed E-state index contributed by atoms with van der Waals surface area (Å²) in [5.74, 6) is -0.855. The molecule has 10 heteroatoms. The van der Waals surface area contributed by atoms with E-state index in [-0.39, 0.29) is 26.1 Å². The van der Waals surface area contributed by atoms with Crippen LogP contribution in [0.25, 0.3) is 0 Å². The Morgan fingerprint density at radius 3 is 1.39 bits per heavy atom. The van der Waals surface area contributed by atoms with Crippen LogP contribution < -0.4 is 0 Å². The molecule has 0 radical (unpaired) electrons. The zero-order valence-corrected chi connectivity index (χ0v) is 39.9. The van der Waals surface area contributed by atoms with Crippen molar-refractivity contribution in [2.75, 3.05) is 47.5 Å². The van der Waals surface area contributed by atoms with E-state index in [0.29, 0.717) is 23.9 Å². The summed E-state index contributed by atoms with van der Waals surface area (Å²) < 4.78 is 34.3. The Hall–Kier alpha value is -1.77. The molecule has 1 unspecified atom stereocenters. The molecule has 0 aromatic carbocycles. The number of unbranched alkanes of at least 4 members (excludes halogenated alkanes) is 24. The van der Waals surface area contributed by atoms with Crippen LogP contribution >= 0.6 is 7.82 Å². The molecule has 9 nitrogen and oxygen atoms in total. The van der Waals surface area contributed by atoms with Crippen LogP contribution in [0, 0.1) is 0 Å². The van der Waals surface area contributed by atoms with E-state index in [1.54, 1.807) is 0 Å². The zero-order chi connectivity index (χ0) is 43.6. The third-order valence-electron chi connectivity index (χ3n) is 10.4. The van der Waals surface area contributed by atoms with Gasteiger partial charge in [0.1, 0.15) is 19.8 Å². The molecule has 1 N–H and O–H groups in total. The molecular formula is C49H93NO8P+. The van der Waals surface area contributed by atoms with Gasteiger partial charge in [0.05, 0.1) is 27.7 Å². The Labute approximate surface area is 363 Å². The number of carbonyl (C=O) groups excluding carboxylic acids is 2. The van der Waals surface area contributed by atoms with Gasteiger partial charge in [-0.3, -0.25) is 18.6 Å². The highest BCUT2D eigenvalue weighted by Crippen LogP contribution is 2.43. The predicted octanol–water partition coefficient (Wildman–Crippen LogP) is 14.1. The minimum absolute atomic E-state index is 0.0245. The molecule has 0 aromatic heterocycles. The number of allylic oxidation sites excluding steroid dienone is 6. The van der Waals surface area contributed by atoms with Crippen molar-refractivity contribution in [2.45, 2.75) is 219 Å². The number of ether oxygens (including phenoxy) is 2. The molecular weight excluding hydrogens is 762 g/mol. The van der Waals surface area contributed by atoms with Crippen molar-refractivity contribution >= 4 is 19.8 Å². The Bertz CT molecular complexity index is 1100. The zero-order valence-electron chi connectivity index (χ0n) is 39.0. The molecule has 0 saturated carbocycles. The normalized spacial score (nSPS) is 13.8. The van der Waals surface area contributed by atoms with Gasteiger partial charge in [-0.1, -0.05) is 166 Å². The van der Waals surface area contributed by atoms with Crippen molar-refractivity contribution < 1.29 is 42.1 Å². The van der Waals surface area contributed by atoms with Crippen molar-refractivity contribution in [3.63, 3.8) is 0 Å². The first-order chi connectivity index (χ1) is 28.5. The Kier molecular flexibility index (Phi) is 40.3. The number of nitrogens with zero attached hydrogens (tertiary/aromatic N) is 1. The van der Waals surface area contributed by atoms with Crippen molar-refractivity contribution in [3.8, 4) is 0 Å². The molecule has 2 atom stereocenters. The number of esters is 2. The fraction of sp³-hybridized carbons (Fsp3) is 0.837. The van der Waals surface area contributed by atoms with Crippen LogP contribution in [0.5, 0.6) is 0 Å². The van der Waals surface area contributed by atoms with E-state index >= 15 is 0 Å². The van der Waals surface area contributed by atoms with Gasteiger partial charge in [-0.2, -0.15) is 0 Å². The van der Waals surface area contributed by atoms with Gasteiger partial charge in [-0.15, -0.1) is 0 Å². The summed E-state index contributed by atoms with van der Waals surface area (Å²) in [4.78, 5) is 35.4. The molecule has 0 spiro atoms. The summed E-state index contributed by atoms with van der Waals surface area (Å²) in [7, 11) is 1.45. The summed E-state index contributed by atoms with van der Waals surface area (Å²) in [6.07, 6.45) is 47.9. The van der Waals surface area contributed by atoms with E-state index in [9.17, 15) is 19.0 Å². The molecule has 0 saturated heterocycles. The summed E-state index contributed by atoms with van der Waals surface area (Å²) in [6.45, 7) is 4.36. The van der Waals surface area contributed by atoms with Crippen LogP contribution in [0.1, 0.15) is 213 Å². The van der Waals surface area contributed by atoms with E-state index in [0.717, 1.165) is 64.2 Å². The number of hydrogen-bond donors (Lipinski definition) is 1. The Morgan fingerprint density at radius 1 is 0.508 bits per heavy atom. The minimum atomic E-state index is -4.38. The molecule has 0 bridgehead atoms. The number of phosphoric acid groups is 1. The SMILES string of the molecule is CCCCC/C=C/CCCCCCCC(=O)O[C@@H](COC(=O)CCC/C=C/CC/C=C/CCCCCCCCCCCCCCCC)COP(=O)(O)OCC[N+](C)(C)C. The van der Waals surface area contributed by atoms with Crippen molar-refractivity contribution in [1.82, 2.24) is 0 Å². The lowest BCUT2D eigenvalue weighted by molar-refractivity contribution is -0.870. The number of carbonyl (C=O) groups is 2. The number of hydrogen-bond acceptors (Lipinski definition) is 7. The van der Waals surface area contributed by atoms with E-state index in [1.165, 1.54) is 109 Å². The third-order valence-corrected chi connectivity index (χ3v) is 11.4. The lowest BCUT2D eigenvalue weighted by Crippen LogP contribution is -2.37. The van der Waals surface area contributed by atoms with Crippen LogP contribution in [0.2, 0.25) is 0 Å². The highest BCUT2D eigenvalue weighted by molar-refractivity contribution is 7.47. The standard InChI is InChI=1S/C49H92NO8P/c1-6-8-10-12-14-16-18-20-21-22-23-24-25-26-27-28-29-30-32-33-35-37-39-41-48(51)55-45-47(46-57-59(53,54)56-44-43-50(3,4)5)58-49(52)42-40-38-36-34-31-19-17-15-13-11-9-7-2/h15,17,28-29,33,35,47H,6-14,16,18-27,30-32,34,36-46H2,1-5H3/p+1/b17-15+,29-28+,35-33+/t47-/m0/s1.